The van der Waals surface area contributed by atoms with Crippen molar-refractivity contribution in [3.63, 3.8) is 0 Å². The summed E-state index contributed by atoms with van der Waals surface area (Å²) in [7, 11) is 2.23. The average Bonchev–Trinajstić information content (AvgIpc) is 4.15. The van der Waals surface area contributed by atoms with Crippen molar-refractivity contribution in [1.82, 2.24) is 9.55 Å². The van der Waals surface area contributed by atoms with Gasteiger partial charge in [-0.2, -0.15) is 0 Å². The highest BCUT2D eigenvalue weighted by Gasteiger charge is 2.53. The molecule has 14 aromatic rings. The van der Waals surface area contributed by atoms with E-state index in [1.807, 2.05) is 0 Å². The first-order chi connectivity index (χ1) is 34.7. The molecule has 2 aliphatic carbocycles. The molecule has 0 bridgehead atoms. The molecular formula is C68H42N2. The Labute approximate surface area is 404 Å². The van der Waals surface area contributed by atoms with Crippen molar-refractivity contribution in [3.8, 4) is 55.6 Å². The number of hydrogen-bond donors (Lipinski definition) is 1. The molecule has 12 aromatic carbocycles. The number of aryl methyl sites for hydroxylation is 1. The van der Waals surface area contributed by atoms with Crippen LogP contribution in [0, 0.1) is 0 Å². The van der Waals surface area contributed by atoms with E-state index in [0.29, 0.717) is 0 Å². The number of para-hydroxylation sites is 4. The minimum Gasteiger partial charge on any atom is -0.354 e. The van der Waals surface area contributed by atoms with Gasteiger partial charge in [0.2, 0.25) is 0 Å². The fourth-order valence-corrected chi connectivity index (χ4v) is 13.6. The maximum atomic E-state index is 3.88. The number of rotatable bonds is 3. The van der Waals surface area contributed by atoms with E-state index >= 15 is 0 Å². The maximum Gasteiger partial charge on any atom is 0.0731 e. The lowest BCUT2D eigenvalue weighted by Crippen LogP contribution is -2.26. The number of hydrogen-bond acceptors (Lipinski definition) is 0. The number of aromatic amines is 1. The number of benzene rings is 12. The summed E-state index contributed by atoms with van der Waals surface area (Å²) in [6.45, 7) is 0. The van der Waals surface area contributed by atoms with Gasteiger partial charge in [0.1, 0.15) is 0 Å². The predicted molar refractivity (Wildman–Crippen MR) is 295 cm³/mol. The van der Waals surface area contributed by atoms with Crippen molar-refractivity contribution >= 4 is 75.9 Å². The second-order valence-corrected chi connectivity index (χ2v) is 19.5. The van der Waals surface area contributed by atoms with Crippen molar-refractivity contribution in [2.45, 2.75) is 5.41 Å². The topological polar surface area (TPSA) is 20.7 Å². The standard InChI is InChI=1S/C68H42N2/c1-70-62-37-13-8-23-47(62)53-32-17-31-52(67(53)70)43-26-15-28-49-56(43)39-55-42(50-29-16-30-51-46-22-7-12-36-61(46)69-66(50)51)25-14-27-48(55)63(49)57-38-40-18-2-3-19-41(40)64-54-24-6-11-35-60(54)68(65(57)64)58-33-9-4-20-44(58)45-21-5-10-34-59(45)68/h2-39,69H,1H3. The first-order valence-corrected chi connectivity index (χ1v) is 24.5. The van der Waals surface area contributed by atoms with Gasteiger partial charge in [-0.15, -0.1) is 0 Å². The lowest BCUT2D eigenvalue weighted by atomic mass is 9.68. The summed E-state index contributed by atoms with van der Waals surface area (Å²) in [5, 5.41) is 12.5. The van der Waals surface area contributed by atoms with Crippen LogP contribution in [0.15, 0.2) is 231 Å². The molecule has 1 N–H and O–H groups in total. The van der Waals surface area contributed by atoms with Crippen LogP contribution in [0.3, 0.4) is 0 Å². The van der Waals surface area contributed by atoms with Crippen LogP contribution in [-0.4, -0.2) is 9.55 Å². The van der Waals surface area contributed by atoms with Crippen LogP contribution in [0.4, 0.5) is 0 Å². The van der Waals surface area contributed by atoms with Gasteiger partial charge in [0, 0.05) is 50.8 Å². The van der Waals surface area contributed by atoms with Gasteiger partial charge in [-0.25, -0.2) is 0 Å². The first-order valence-electron chi connectivity index (χ1n) is 24.5. The van der Waals surface area contributed by atoms with E-state index in [-0.39, 0.29) is 0 Å². The SMILES string of the molecule is Cn1c2ccccc2c2cccc(-c3cccc4c(-c5cc6ccccc6c6c5C5(c7ccccc7-c7ccccc75)c5ccccc5-6)c5cccc(-c6cccc7c6[nH]c6ccccc67)c5cc34)c21. The monoisotopic (exact) mass is 886 g/mol. The summed E-state index contributed by atoms with van der Waals surface area (Å²) < 4.78 is 2.40. The highest BCUT2D eigenvalue weighted by Crippen LogP contribution is 2.66. The van der Waals surface area contributed by atoms with Gasteiger partial charge in [0.05, 0.1) is 16.4 Å². The highest BCUT2D eigenvalue weighted by atomic mass is 14.9. The molecular weight excluding hydrogens is 845 g/mol. The van der Waals surface area contributed by atoms with E-state index in [9.17, 15) is 0 Å². The van der Waals surface area contributed by atoms with Gasteiger partial charge < -0.3 is 9.55 Å². The minimum absolute atomic E-state index is 0.563. The molecule has 0 saturated carbocycles. The van der Waals surface area contributed by atoms with E-state index in [2.05, 4.69) is 247 Å². The van der Waals surface area contributed by atoms with Crippen LogP contribution in [-0.2, 0) is 12.5 Å². The van der Waals surface area contributed by atoms with Crippen molar-refractivity contribution in [1.29, 1.82) is 0 Å². The third-order valence-corrected chi connectivity index (χ3v) is 16.3. The number of nitrogens with one attached hydrogen (secondary N) is 1. The largest absolute Gasteiger partial charge is 0.354 e. The molecule has 70 heavy (non-hydrogen) atoms. The zero-order valence-electron chi connectivity index (χ0n) is 38.4. The van der Waals surface area contributed by atoms with Gasteiger partial charge in [-0.3, -0.25) is 0 Å². The molecule has 2 heterocycles. The number of nitrogens with zero attached hydrogens (tertiary/aromatic N) is 1. The van der Waals surface area contributed by atoms with Crippen LogP contribution in [0.5, 0.6) is 0 Å². The Morgan fingerprint density at radius 2 is 0.829 bits per heavy atom. The smallest absolute Gasteiger partial charge is 0.0731 e. The third kappa shape index (κ3) is 4.73. The third-order valence-electron chi connectivity index (χ3n) is 16.3. The molecule has 0 radical (unpaired) electrons. The predicted octanol–water partition coefficient (Wildman–Crippen LogP) is 17.8. The van der Waals surface area contributed by atoms with Crippen LogP contribution in [0.1, 0.15) is 22.3 Å². The van der Waals surface area contributed by atoms with Gasteiger partial charge in [0.25, 0.3) is 0 Å². The Morgan fingerprint density at radius 3 is 1.56 bits per heavy atom. The molecule has 2 nitrogen and oxygen atoms in total. The summed E-state index contributed by atoms with van der Waals surface area (Å²) in [5.41, 5.74) is 22.3. The Hall–Kier alpha value is -8.98. The fraction of sp³-hybridized carbons (Fsp3) is 0.0294. The average molecular weight is 887 g/mol. The second kappa shape index (κ2) is 13.8. The van der Waals surface area contributed by atoms with Crippen molar-refractivity contribution < 1.29 is 0 Å². The Bertz CT molecular complexity index is 4570. The second-order valence-electron chi connectivity index (χ2n) is 19.5. The summed E-state index contributed by atoms with van der Waals surface area (Å²) in [5.74, 6) is 0. The van der Waals surface area contributed by atoms with Gasteiger partial charge >= 0.3 is 0 Å². The van der Waals surface area contributed by atoms with Gasteiger partial charge in [0.15, 0.2) is 0 Å². The molecule has 2 aliphatic rings. The Kier molecular flexibility index (Phi) is 7.51. The van der Waals surface area contributed by atoms with Crippen molar-refractivity contribution in [2.24, 2.45) is 7.05 Å². The van der Waals surface area contributed by atoms with Crippen LogP contribution >= 0.6 is 0 Å². The van der Waals surface area contributed by atoms with Gasteiger partial charge in [-0.1, -0.05) is 206 Å². The molecule has 0 aliphatic heterocycles. The van der Waals surface area contributed by atoms with E-state index in [0.717, 1.165) is 11.0 Å². The molecule has 324 valence electrons. The van der Waals surface area contributed by atoms with Crippen molar-refractivity contribution in [2.75, 3.05) is 0 Å². The lowest BCUT2D eigenvalue weighted by molar-refractivity contribution is 0.796. The normalized spacial score (nSPS) is 13.3. The molecule has 0 fully saturated rings. The quantitative estimate of drug-likeness (QED) is 0.171. The van der Waals surface area contributed by atoms with Crippen molar-refractivity contribution in [3.05, 3.63) is 253 Å². The molecule has 0 saturated heterocycles. The highest BCUT2D eigenvalue weighted by molar-refractivity contribution is 6.25. The lowest BCUT2D eigenvalue weighted by Gasteiger charge is -2.33. The maximum absolute atomic E-state index is 3.88. The fourth-order valence-electron chi connectivity index (χ4n) is 13.6. The van der Waals surface area contributed by atoms with Crippen LogP contribution in [0.25, 0.3) is 132 Å². The van der Waals surface area contributed by atoms with E-state index in [1.165, 1.54) is 143 Å². The molecule has 0 atom stereocenters. The zero-order valence-corrected chi connectivity index (χ0v) is 38.4. The van der Waals surface area contributed by atoms with E-state index < -0.39 is 5.41 Å². The Morgan fingerprint density at radius 1 is 0.329 bits per heavy atom. The minimum atomic E-state index is -0.563. The molecule has 1 spiro atoms. The van der Waals surface area contributed by atoms with Gasteiger partial charge in [-0.05, 0) is 123 Å². The molecule has 2 heteroatoms. The summed E-state index contributed by atoms with van der Waals surface area (Å²) in [6, 6.07) is 87.2. The van der Waals surface area contributed by atoms with E-state index in [4.69, 9.17) is 0 Å². The van der Waals surface area contributed by atoms with E-state index in [1.54, 1.807) is 0 Å². The number of fused-ring (bicyclic) bond motifs is 20. The van der Waals surface area contributed by atoms with Crippen LogP contribution < -0.4 is 0 Å². The molecule has 16 rings (SSSR count). The molecule has 2 aromatic heterocycles. The summed E-state index contributed by atoms with van der Waals surface area (Å²) in [4.78, 5) is 3.88. The summed E-state index contributed by atoms with van der Waals surface area (Å²) >= 11 is 0. The Balaban J connectivity index is 1.12. The first kappa shape index (κ1) is 38.0. The molecule has 0 amide bonds. The molecule has 0 unspecified atom stereocenters. The summed E-state index contributed by atoms with van der Waals surface area (Å²) in [6.07, 6.45) is 0. The number of H-pyrrole nitrogens is 1. The van der Waals surface area contributed by atoms with Crippen LogP contribution in [0.2, 0.25) is 0 Å². The number of aromatic nitrogens is 2. The zero-order chi connectivity index (χ0) is 45.8.